The second kappa shape index (κ2) is 5.55. The van der Waals surface area contributed by atoms with Crippen molar-refractivity contribution in [3.63, 3.8) is 0 Å². The maximum absolute atomic E-state index is 9.31. The normalized spacial score (nSPS) is 10.3. The molecule has 0 spiro atoms. The molecule has 1 aromatic heterocycles. The van der Waals surface area contributed by atoms with Crippen molar-refractivity contribution in [3.05, 3.63) is 64.1 Å². The second-order valence-corrected chi connectivity index (χ2v) is 5.68. The van der Waals surface area contributed by atoms with Gasteiger partial charge in [0.05, 0.1) is 17.1 Å². The topological polar surface area (TPSA) is 48.7 Å². The van der Waals surface area contributed by atoms with E-state index in [1.807, 2.05) is 49.4 Å². The number of halogens is 1. The van der Waals surface area contributed by atoms with Crippen molar-refractivity contribution in [1.82, 2.24) is 4.98 Å². The molecule has 0 aliphatic carbocycles. The summed E-state index contributed by atoms with van der Waals surface area (Å²) < 4.78 is 1.04. The number of hydrogen-bond acceptors (Lipinski definition) is 3. The lowest BCUT2D eigenvalue weighted by Crippen LogP contribution is -1.97. The number of nitrogens with zero attached hydrogens (tertiary/aromatic N) is 2. The molecule has 1 N–H and O–H groups in total. The van der Waals surface area contributed by atoms with Crippen molar-refractivity contribution in [2.75, 3.05) is 5.32 Å². The van der Waals surface area contributed by atoms with Crippen LogP contribution in [0.1, 0.15) is 11.1 Å². The Morgan fingerprint density at radius 3 is 2.71 bits per heavy atom. The molecule has 4 heteroatoms. The van der Waals surface area contributed by atoms with Gasteiger partial charge in [0.2, 0.25) is 0 Å². The van der Waals surface area contributed by atoms with Gasteiger partial charge in [-0.15, -0.1) is 0 Å². The molecule has 0 atom stereocenters. The Hall–Kier alpha value is -2.38. The number of aryl methyl sites for hydroxylation is 1. The third kappa shape index (κ3) is 2.74. The summed E-state index contributed by atoms with van der Waals surface area (Å²) in [6, 6.07) is 17.7. The Morgan fingerprint density at radius 1 is 1.14 bits per heavy atom. The van der Waals surface area contributed by atoms with Gasteiger partial charge in [0.15, 0.2) is 0 Å². The Morgan fingerprint density at radius 2 is 1.95 bits per heavy atom. The zero-order valence-electron chi connectivity index (χ0n) is 11.4. The van der Waals surface area contributed by atoms with E-state index in [2.05, 4.69) is 32.3 Å². The average Bonchev–Trinajstić information content (AvgIpc) is 2.49. The van der Waals surface area contributed by atoms with Gasteiger partial charge in [-0.2, -0.15) is 5.26 Å². The van der Waals surface area contributed by atoms with Gasteiger partial charge in [0, 0.05) is 15.5 Å². The number of benzene rings is 2. The molecule has 0 amide bonds. The van der Waals surface area contributed by atoms with Crippen molar-refractivity contribution in [2.24, 2.45) is 0 Å². The van der Waals surface area contributed by atoms with Gasteiger partial charge in [-0.05, 0) is 42.8 Å². The highest BCUT2D eigenvalue weighted by atomic mass is 79.9. The van der Waals surface area contributed by atoms with Crippen LogP contribution >= 0.6 is 15.9 Å². The van der Waals surface area contributed by atoms with E-state index in [1.165, 1.54) is 0 Å². The summed E-state index contributed by atoms with van der Waals surface area (Å²) in [6.45, 7) is 2.03. The van der Waals surface area contributed by atoms with Crippen LogP contribution in [-0.4, -0.2) is 4.98 Å². The van der Waals surface area contributed by atoms with Gasteiger partial charge < -0.3 is 5.32 Å². The largest absolute Gasteiger partial charge is 0.340 e. The lowest BCUT2D eigenvalue weighted by Gasteiger charge is -2.10. The van der Waals surface area contributed by atoms with Crippen LogP contribution in [0.3, 0.4) is 0 Å². The Bertz CT molecular complexity index is 866. The predicted octanol–water partition coefficient (Wildman–Crippen LogP) is 4.92. The van der Waals surface area contributed by atoms with Gasteiger partial charge in [-0.3, -0.25) is 0 Å². The molecule has 3 aromatic rings. The molecule has 0 unspecified atom stereocenters. The highest BCUT2D eigenvalue weighted by Gasteiger charge is 2.06. The molecule has 3 nitrogen and oxygen atoms in total. The summed E-state index contributed by atoms with van der Waals surface area (Å²) in [5.41, 5.74) is 3.52. The molecule has 2 aromatic carbocycles. The number of rotatable bonds is 2. The van der Waals surface area contributed by atoms with Gasteiger partial charge in [0.1, 0.15) is 5.82 Å². The van der Waals surface area contributed by atoms with E-state index in [1.54, 1.807) is 6.07 Å². The molecule has 102 valence electrons. The first-order chi connectivity index (χ1) is 10.2. The zero-order chi connectivity index (χ0) is 14.8. The number of nitrogens with one attached hydrogen (secondary N) is 1. The van der Waals surface area contributed by atoms with E-state index in [4.69, 9.17) is 0 Å². The molecule has 3 rings (SSSR count). The minimum atomic E-state index is 0.623. The molecular formula is C17H12BrN3. The third-order valence-corrected chi connectivity index (χ3v) is 3.78. The molecule has 0 saturated carbocycles. The standard InChI is InChI=1S/C17H12BrN3/c1-11-8-13(18)6-7-15(11)20-17-9-12(10-19)14-4-2-3-5-16(14)21-17/h2-9H,1H3,(H,20,21). The van der Waals surface area contributed by atoms with E-state index >= 15 is 0 Å². The number of nitriles is 1. The summed E-state index contributed by atoms with van der Waals surface area (Å²) in [6.07, 6.45) is 0. The predicted molar refractivity (Wildman–Crippen MR) is 88.6 cm³/mol. The quantitative estimate of drug-likeness (QED) is 0.721. The summed E-state index contributed by atoms with van der Waals surface area (Å²) >= 11 is 3.45. The Kier molecular flexibility index (Phi) is 3.59. The minimum absolute atomic E-state index is 0.623. The van der Waals surface area contributed by atoms with Gasteiger partial charge in [-0.25, -0.2) is 4.98 Å². The first kappa shape index (κ1) is 13.6. The van der Waals surface area contributed by atoms with E-state index in [0.717, 1.165) is 26.6 Å². The maximum atomic E-state index is 9.31. The summed E-state index contributed by atoms with van der Waals surface area (Å²) in [4.78, 5) is 4.57. The van der Waals surface area contributed by atoms with Crippen molar-refractivity contribution in [2.45, 2.75) is 6.92 Å². The summed E-state index contributed by atoms with van der Waals surface area (Å²) in [5, 5.41) is 13.5. The van der Waals surface area contributed by atoms with Crippen LogP contribution in [0.25, 0.3) is 10.9 Å². The molecule has 0 aliphatic heterocycles. The van der Waals surface area contributed by atoms with Crippen molar-refractivity contribution >= 4 is 38.3 Å². The molecule has 0 aliphatic rings. The number of hydrogen-bond donors (Lipinski definition) is 1. The highest BCUT2D eigenvalue weighted by Crippen LogP contribution is 2.25. The molecular weight excluding hydrogens is 326 g/mol. The molecule has 1 heterocycles. The van der Waals surface area contributed by atoms with Crippen LogP contribution in [0.2, 0.25) is 0 Å². The smallest absolute Gasteiger partial charge is 0.132 e. The Balaban J connectivity index is 2.07. The van der Waals surface area contributed by atoms with Crippen molar-refractivity contribution < 1.29 is 0 Å². The van der Waals surface area contributed by atoms with Crippen molar-refractivity contribution in [3.8, 4) is 6.07 Å². The minimum Gasteiger partial charge on any atom is -0.340 e. The van der Waals surface area contributed by atoms with E-state index < -0.39 is 0 Å². The number of aromatic nitrogens is 1. The number of fused-ring (bicyclic) bond motifs is 1. The molecule has 21 heavy (non-hydrogen) atoms. The fourth-order valence-electron chi connectivity index (χ4n) is 2.24. The van der Waals surface area contributed by atoms with Crippen molar-refractivity contribution in [1.29, 1.82) is 5.26 Å². The second-order valence-electron chi connectivity index (χ2n) is 4.77. The number of pyridine rings is 1. The van der Waals surface area contributed by atoms with Gasteiger partial charge in [-0.1, -0.05) is 34.1 Å². The fourth-order valence-corrected chi connectivity index (χ4v) is 2.71. The SMILES string of the molecule is Cc1cc(Br)ccc1Nc1cc(C#N)c2ccccc2n1. The molecule has 0 bridgehead atoms. The first-order valence-corrected chi connectivity index (χ1v) is 7.30. The van der Waals surface area contributed by atoms with Crippen LogP contribution in [0.4, 0.5) is 11.5 Å². The number of para-hydroxylation sites is 1. The maximum Gasteiger partial charge on any atom is 0.132 e. The summed E-state index contributed by atoms with van der Waals surface area (Å²) in [7, 11) is 0. The fraction of sp³-hybridized carbons (Fsp3) is 0.0588. The molecule has 0 saturated heterocycles. The third-order valence-electron chi connectivity index (χ3n) is 3.29. The van der Waals surface area contributed by atoms with E-state index in [-0.39, 0.29) is 0 Å². The van der Waals surface area contributed by atoms with Gasteiger partial charge in [0.25, 0.3) is 0 Å². The first-order valence-electron chi connectivity index (χ1n) is 6.50. The summed E-state index contributed by atoms with van der Waals surface area (Å²) in [5.74, 6) is 0.677. The van der Waals surface area contributed by atoms with Crippen LogP contribution < -0.4 is 5.32 Å². The Labute approximate surface area is 131 Å². The van der Waals surface area contributed by atoms with E-state index in [0.29, 0.717) is 11.4 Å². The molecule has 0 fully saturated rings. The van der Waals surface area contributed by atoms with Crippen LogP contribution in [-0.2, 0) is 0 Å². The molecule has 0 radical (unpaired) electrons. The number of anilines is 2. The lowest BCUT2D eigenvalue weighted by atomic mass is 10.1. The zero-order valence-corrected chi connectivity index (χ0v) is 13.0. The average molecular weight is 338 g/mol. The lowest BCUT2D eigenvalue weighted by molar-refractivity contribution is 1.33. The van der Waals surface area contributed by atoms with Crippen LogP contribution in [0.15, 0.2) is 53.0 Å². The van der Waals surface area contributed by atoms with Crippen LogP contribution in [0.5, 0.6) is 0 Å². The van der Waals surface area contributed by atoms with Gasteiger partial charge >= 0.3 is 0 Å². The monoisotopic (exact) mass is 337 g/mol. The van der Waals surface area contributed by atoms with Crippen LogP contribution in [0, 0.1) is 18.3 Å². The van der Waals surface area contributed by atoms with E-state index in [9.17, 15) is 5.26 Å². The highest BCUT2D eigenvalue weighted by molar-refractivity contribution is 9.10.